The maximum absolute atomic E-state index is 13.4. The zero-order valence-corrected chi connectivity index (χ0v) is 24.6. The number of nitrogens with zero attached hydrogens (tertiary/aromatic N) is 2. The van der Waals surface area contributed by atoms with E-state index in [0.717, 1.165) is 22.4 Å². The fraction of sp³-hybridized carbons (Fsp3) is 0.229. The summed E-state index contributed by atoms with van der Waals surface area (Å²) in [5.74, 6) is -0.336. The fourth-order valence-electron chi connectivity index (χ4n) is 5.44. The van der Waals surface area contributed by atoms with Crippen molar-refractivity contribution in [3.8, 4) is 22.6 Å². The summed E-state index contributed by atoms with van der Waals surface area (Å²) in [6.45, 7) is 3.04. The van der Waals surface area contributed by atoms with Crippen molar-refractivity contribution < 1.29 is 33.7 Å². The average Bonchev–Trinajstić information content (AvgIpc) is 3.55. The van der Waals surface area contributed by atoms with E-state index in [0.29, 0.717) is 54.6 Å². The maximum Gasteiger partial charge on any atom is 0.305 e. The van der Waals surface area contributed by atoms with E-state index in [1.165, 1.54) is 0 Å². The second-order valence-corrected chi connectivity index (χ2v) is 10.8. The molecule has 0 aromatic heterocycles. The molecule has 0 aliphatic carbocycles. The second-order valence-electron chi connectivity index (χ2n) is 10.8. The van der Waals surface area contributed by atoms with Gasteiger partial charge >= 0.3 is 5.97 Å². The molecule has 0 unspecified atom stereocenters. The van der Waals surface area contributed by atoms with Crippen LogP contribution < -0.4 is 19.7 Å². The SMILES string of the molecule is O=C(O)CCN(Cc1cccc(-c2ccc(N3CCOCC3)c(NC(=O)c3ccc4c(c3)OCO4)c2)c1)C(=O)c1ccccc1. The second kappa shape index (κ2) is 13.5. The predicted octanol–water partition coefficient (Wildman–Crippen LogP) is 5.29. The van der Waals surface area contributed by atoms with E-state index >= 15 is 0 Å². The van der Waals surface area contributed by atoms with Gasteiger partial charge in [-0.25, -0.2) is 0 Å². The minimum Gasteiger partial charge on any atom is -0.481 e. The first-order valence-corrected chi connectivity index (χ1v) is 14.8. The average molecular weight is 608 g/mol. The quantitative estimate of drug-likeness (QED) is 0.250. The molecule has 0 atom stereocenters. The number of nitrogens with one attached hydrogen (secondary N) is 1. The molecule has 2 N–H and O–H groups in total. The first-order valence-electron chi connectivity index (χ1n) is 14.8. The van der Waals surface area contributed by atoms with Gasteiger partial charge in [-0.1, -0.05) is 42.5 Å². The van der Waals surface area contributed by atoms with Gasteiger partial charge in [0, 0.05) is 37.3 Å². The van der Waals surface area contributed by atoms with E-state index in [9.17, 15) is 19.5 Å². The van der Waals surface area contributed by atoms with Gasteiger partial charge in [-0.05, 0) is 65.2 Å². The van der Waals surface area contributed by atoms with Crippen LogP contribution in [0.2, 0.25) is 0 Å². The number of carbonyl (C=O) groups is 3. The Hall–Kier alpha value is -5.35. The van der Waals surface area contributed by atoms with Crippen LogP contribution in [-0.4, -0.2) is 67.4 Å². The summed E-state index contributed by atoms with van der Waals surface area (Å²) in [7, 11) is 0. The highest BCUT2D eigenvalue weighted by molar-refractivity contribution is 6.06. The van der Waals surface area contributed by atoms with Crippen LogP contribution >= 0.6 is 0 Å². The van der Waals surface area contributed by atoms with Crippen molar-refractivity contribution in [2.45, 2.75) is 13.0 Å². The molecule has 1 saturated heterocycles. The van der Waals surface area contributed by atoms with Gasteiger partial charge in [0.05, 0.1) is 31.0 Å². The molecule has 45 heavy (non-hydrogen) atoms. The number of aliphatic carboxylic acids is 1. The topological polar surface area (TPSA) is 118 Å². The summed E-state index contributed by atoms with van der Waals surface area (Å²) in [6, 6.07) is 27.7. The van der Waals surface area contributed by atoms with Crippen LogP contribution in [0.4, 0.5) is 11.4 Å². The van der Waals surface area contributed by atoms with Gasteiger partial charge in [-0.2, -0.15) is 0 Å². The summed E-state index contributed by atoms with van der Waals surface area (Å²) >= 11 is 0. The first kappa shape index (κ1) is 29.7. The van der Waals surface area contributed by atoms with Crippen molar-refractivity contribution >= 4 is 29.2 Å². The highest BCUT2D eigenvalue weighted by Gasteiger charge is 2.21. The number of morpholine rings is 1. The molecule has 230 valence electrons. The van der Waals surface area contributed by atoms with Crippen LogP contribution in [0.25, 0.3) is 11.1 Å². The Morgan fingerprint density at radius 2 is 1.58 bits per heavy atom. The summed E-state index contributed by atoms with van der Waals surface area (Å²) in [5.41, 5.74) is 5.12. The summed E-state index contributed by atoms with van der Waals surface area (Å²) in [4.78, 5) is 41.8. The standard InChI is InChI=1S/C35H33N3O7/c39-33(40)13-14-38(35(42)25-6-2-1-3-7-25)22-24-5-4-8-26(19-24)27-9-11-30(37-15-17-43-18-16-37)29(20-27)36-34(41)28-10-12-31-32(21-28)45-23-44-31/h1-12,19-21H,13-18,22-23H2,(H,36,41)(H,39,40). The molecular formula is C35H33N3O7. The number of rotatable bonds is 10. The Morgan fingerprint density at radius 1 is 0.800 bits per heavy atom. The molecule has 0 bridgehead atoms. The number of carbonyl (C=O) groups excluding carboxylic acids is 2. The maximum atomic E-state index is 13.4. The van der Waals surface area contributed by atoms with Crippen LogP contribution in [0, 0.1) is 0 Å². The summed E-state index contributed by atoms with van der Waals surface area (Å²) in [6.07, 6.45) is -0.159. The number of carboxylic acids is 1. The number of hydrogen-bond donors (Lipinski definition) is 2. The Kier molecular flexibility index (Phi) is 8.93. The molecule has 4 aromatic carbocycles. The number of anilines is 2. The van der Waals surface area contributed by atoms with E-state index in [-0.39, 0.29) is 38.1 Å². The molecule has 4 aromatic rings. The van der Waals surface area contributed by atoms with Crippen molar-refractivity contribution in [2.24, 2.45) is 0 Å². The number of amides is 2. The van der Waals surface area contributed by atoms with Crippen molar-refractivity contribution in [3.05, 3.63) is 108 Å². The normalized spacial score (nSPS) is 13.7. The van der Waals surface area contributed by atoms with E-state index in [4.69, 9.17) is 14.2 Å². The molecule has 10 nitrogen and oxygen atoms in total. The third-order valence-electron chi connectivity index (χ3n) is 7.77. The monoisotopic (exact) mass is 607 g/mol. The molecule has 1 fully saturated rings. The van der Waals surface area contributed by atoms with Gasteiger partial charge < -0.3 is 34.4 Å². The number of fused-ring (bicyclic) bond motifs is 1. The van der Waals surface area contributed by atoms with E-state index < -0.39 is 5.97 Å². The molecule has 2 aliphatic rings. The Morgan fingerprint density at radius 3 is 2.38 bits per heavy atom. The van der Waals surface area contributed by atoms with Gasteiger partial charge in [-0.3, -0.25) is 14.4 Å². The first-order chi connectivity index (χ1) is 21.9. The van der Waals surface area contributed by atoms with E-state index in [1.807, 2.05) is 48.5 Å². The lowest BCUT2D eigenvalue weighted by atomic mass is 10.0. The summed E-state index contributed by atoms with van der Waals surface area (Å²) in [5, 5.41) is 12.4. The molecule has 0 spiro atoms. The van der Waals surface area contributed by atoms with Crippen molar-refractivity contribution in [1.29, 1.82) is 0 Å². The summed E-state index contributed by atoms with van der Waals surface area (Å²) < 4.78 is 16.4. The van der Waals surface area contributed by atoms with Crippen LogP contribution in [0.3, 0.4) is 0 Å². The predicted molar refractivity (Wildman–Crippen MR) is 169 cm³/mol. The smallest absolute Gasteiger partial charge is 0.305 e. The lowest BCUT2D eigenvalue weighted by Crippen LogP contribution is -2.36. The largest absolute Gasteiger partial charge is 0.481 e. The van der Waals surface area contributed by atoms with Crippen LogP contribution in [-0.2, 0) is 16.1 Å². The lowest BCUT2D eigenvalue weighted by molar-refractivity contribution is -0.137. The van der Waals surface area contributed by atoms with Crippen LogP contribution in [0.1, 0.15) is 32.7 Å². The zero-order valence-electron chi connectivity index (χ0n) is 24.6. The van der Waals surface area contributed by atoms with Gasteiger partial charge in [-0.15, -0.1) is 0 Å². The van der Waals surface area contributed by atoms with Gasteiger partial charge in [0.1, 0.15) is 0 Å². The van der Waals surface area contributed by atoms with Gasteiger partial charge in [0.25, 0.3) is 11.8 Å². The molecule has 0 radical (unpaired) electrons. The van der Waals surface area contributed by atoms with Gasteiger partial charge in [0.15, 0.2) is 11.5 Å². The minimum atomic E-state index is -0.967. The third kappa shape index (κ3) is 7.08. The number of benzene rings is 4. The minimum absolute atomic E-state index is 0.0809. The number of ether oxygens (including phenoxy) is 3. The molecule has 2 heterocycles. The van der Waals surface area contributed by atoms with Crippen molar-refractivity contribution in [2.75, 3.05) is 49.9 Å². The number of carboxylic acid groups (broad SMARTS) is 1. The van der Waals surface area contributed by atoms with Crippen LogP contribution in [0.15, 0.2) is 91.0 Å². The van der Waals surface area contributed by atoms with Gasteiger partial charge in [0.2, 0.25) is 6.79 Å². The van der Waals surface area contributed by atoms with Crippen molar-refractivity contribution in [1.82, 2.24) is 4.90 Å². The molecule has 6 rings (SSSR count). The highest BCUT2D eigenvalue weighted by atomic mass is 16.7. The molecule has 2 aliphatic heterocycles. The number of hydrogen-bond acceptors (Lipinski definition) is 7. The Labute approximate surface area is 260 Å². The zero-order chi connectivity index (χ0) is 31.2. The Balaban J connectivity index is 1.28. The fourth-order valence-corrected chi connectivity index (χ4v) is 5.44. The van der Waals surface area contributed by atoms with Crippen molar-refractivity contribution in [3.63, 3.8) is 0 Å². The van der Waals surface area contributed by atoms with E-state index in [1.54, 1.807) is 47.4 Å². The van der Waals surface area contributed by atoms with Crippen LogP contribution in [0.5, 0.6) is 11.5 Å². The molecule has 10 heteroatoms. The molecule has 2 amide bonds. The molecular weight excluding hydrogens is 574 g/mol. The third-order valence-corrected chi connectivity index (χ3v) is 7.77. The highest BCUT2D eigenvalue weighted by Crippen LogP contribution is 2.35. The Bertz CT molecular complexity index is 1700. The molecule has 0 saturated carbocycles. The lowest BCUT2D eigenvalue weighted by Gasteiger charge is -2.31. The van der Waals surface area contributed by atoms with E-state index in [2.05, 4.69) is 10.2 Å².